The molecule has 9 heteroatoms. The minimum Gasteiger partial charge on any atom is -0.454 e. The zero-order valence-electron chi connectivity index (χ0n) is 14.5. The van der Waals surface area contributed by atoms with Gasteiger partial charge in [0.15, 0.2) is 16.6 Å². The van der Waals surface area contributed by atoms with E-state index in [2.05, 4.69) is 15.3 Å². The molecule has 0 unspecified atom stereocenters. The highest BCUT2D eigenvalue weighted by Crippen LogP contribution is 2.36. The van der Waals surface area contributed by atoms with Crippen LogP contribution in [0.2, 0.25) is 5.15 Å². The molecule has 0 fully saturated rings. The Morgan fingerprint density at radius 1 is 1.19 bits per heavy atom. The van der Waals surface area contributed by atoms with E-state index in [1.165, 1.54) is 17.4 Å². The van der Waals surface area contributed by atoms with Crippen LogP contribution >= 0.6 is 22.9 Å². The SMILES string of the molecule is CN(C)c1cc(C(=O)Nc2nc(-c3ccc4c(c3)OCO4)cs2)cc(Cl)n1. The van der Waals surface area contributed by atoms with Crippen LogP contribution < -0.4 is 19.7 Å². The number of benzene rings is 1. The molecule has 2 aromatic heterocycles. The fourth-order valence-corrected chi connectivity index (χ4v) is 3.45. The Morgan fingerprint density at radius 3 is 2.81 bits per heavy atom. The Morgan fingerprint density at radius 2 is 2.00 bits per heavy atom. The monoisotopic (exact) mass is 402 g/mol. The summed E-state index contributed by atoms with van der Waals surface area (Å²) in [4.78, 5) is 23.0. The van der Waals surface area contributed by atoms with Gasteiger partial charge in [-0.3, -0.25) is 10.1 Å². The molecule has 138 valence electrons. The largest absolute Gasteiger partial charge is 0.454 e. The zero-order valence-corrected chi connectivity index (χ0v) is 16.1. The summed E-state index contributed by atoms with van der Waals surface area (Å²) in [6.07, 6.45) is 0. The van der Waals surface area contributed by atoms with Crippen LogP contribution in [-0.2, 0) is 0 Å². The third kappa shape index (κ3) is 3.67. The number of anilines is 2. The Balaban J connectivity index is 1.53. The average molecular weight is 403 g/mol. The van der Waals surface area contributed by atoms with Crippen molar-refractivity contribution in [2.75, 3.05) is 31.1 Å². The predicted molar refractivity (Wildman–Crippen MR) is 105 cm³/mol. The summed E-state index contributed by atoms with van der Waals surface area (Å²) < 4.78 is 10.7. The number of thiazole rings is 1. The molecule has 0 spiro atoms. The number of rotatable bonds is 4. The number of amides is 1. The number of halogens is 1. The number of carbonyl (C=O) groups is 1. The first-order chi connectivity index (χ1) is 13.0. The summed E-state index contributed by atoms with van der Waals surface area (Å²) in [6.45, 7) is 0.223. The first kappa shape index (κ1) is 17.6. The minimum absolute atomic E-state index is 0.223. The lowest BCUT2D eigenvalue weighted by Gasteiger charge is -2.12. The van der Waals surface area contributed by atoms with Crippen molar-refractivity contribution < 1.29 is 14.3 Å². The van der Waals surface area contributed by atoms with Crippen LogP contribution in [-0.4, -0.2) is 36.8 Å². The van der Waals surface area contributed by atoms with Crippen LogP contribution in [0.5, 0.6) is 11.5 Å². The highest BCUT2D eigenvalue weighted by atomic mass is 35.5. The van der Waals surface area contributed by atoms with Crippen molar-refractivity contribution in [2.45, 2.75) is 0 Å². The van der Waals surface area contributed by atoms with Gasteiger partial charge in [-0.15, -0.1) is 11.3 Å². The standard InChI is InChI=1S/C18H15ClN4O3S/c1-23(2)16-7-11(6-15(19)21-16)17(24)22-18-20-12(8-27-18)10-3-4-13-14(5-10)26-9-25-13/h3-8H,9H2,1-2H3,(H,20,22,24). The van der Waals surface area contributed by atoms with Crippen LogP contribution in [0.3, 0.4) is 0 Å². The van der Waals surface area contributed by atoms with Gasteiger partial charge in [0.25, 0.3) is 5.91 Å². The van der Waals surface area contributed by atoms with Gasteiger partial charge in [-0.25, -0.2) is 9.97 Å². The van der Waals surface area contributed by atoms with E-state index in [-0.39, 0.29) is 17.9 Å². The first-order valence-corrected chi connectivity index (χ1v) is 9.27. The molecule has 4 rings (SSSR count). The number of hydrogen-bond acceptors (Lipinski definition) is 7. The molecular weight excluding hydrogens is 388 g/mol. The van der Waals surface area contributed by atoms with Gasteiger partial charge in [0, 0.05) is 30.6 Å². The first-order valence-electron chi connectivity index (χ1n) is 8.01. The Bertz CT molecular complexity index is 1020. The van der Waals surface area contributed by atoms with Crippen molar-refractivity contribution in [3.8, 4) is 22.8 Å². The molecule has 0 radical (unpaired) electrons. The molecule has 3 aromatic rings. The van der Waals surface area contributed by atoms with Crippen LogP contribution in [0, 0.1) is 0 Å². The summed E-state index contributed by atoms with van der Waals surface area (Å²) in [5.74, 6) is 1.71. The number of hydrogen-bond donors (Lipinski definition) is 1. The van der Waals surface area contributed by atoms with Gasteiger partial charge in [-0.05, 0) is 30.3 Å². The summed E-state index contributed by atoms with van der Waals surface area (Å²) in [5, 5.41) is 5.42. The Hall–Kier alpha value is -2.84. The van der Waals surface area contributed by atoms with Crippen molar-refractivity contribution in [1.82, 2.24) is 9.97 Å². The molecule has 3 heterocycles. The Labute approximate surface area is 164 Å². The van der Waals surface area contributed by atoms with Gasteiger partial charge >= 0.3 is 0 Å². The third-order valence-corrected chi connectivity index (χ3v) is 4.85. The van der Waals surface area contributed by atoms with Gasteiger partial charge in [0.05, 0.1) is 5.69 Å². The lowest BCUT2D eigenvalue weighted by atomic mass is 10.1. The summed E-state index contributed by atoms with van der Waals surface area (Å²) in [6, 6.07) is 8.82. The fraction of sp³-hybridized carbons (Fsp3) is 0.167. The number of nitrogens with one attached hydrogen (secondary N) is 1. The van der Waals surface area contributed by atoms with E-state index >= 15 is 0 Å². The average Bonchev–Trinajstić information content (AvgIpc) is 3.29. The topological polar surface area (TPSA) is 76.6 Å². The number of nitrogens with zero attached hydrogens (tertiary/aromatic N) is 3. The number of pyridine rings is 1. The molecule has 0 bridgehead atoms. The van der Waals surface area contributed by atoms with E-state index in [1.807, 2.05) is 37.7 Å². The molecular formula is C18H15ClN4O3S. The van der Waals surface area contributed by atoms with E-state index in [0.29, 0.717) is 28.0 Å². The number of fused-ring (bicyclic) bond motifs is 1. The molecule has 1 amide bonds. The van der Waals surface area contributed by atoms with E-state index in [4.69, 9.17) is 21.1 Å². The van der Waals surface area contributed by atoms with Crippen molar-refractivity contribution in [2.24, 2.45) is 0 Å². The quantitative estimate of drug-likeness (QED) is 0.667. The zero-order chi connectivity index (χ0) is 19.0. The molecule has 1 aliphatic rings. The second-order valence-corrected chi connectivity index (χ2v) is 7.24. The van der Waals surface area contributed by atoms with Gasteiger partial charge < -0.3 is 14.4 Å². The fourth-order valence-electron chi connectivity index (χ4n) is 2.53. The van der Waals surface area contributed by atoms with E-state index in [9.17, 15) is 4.79 Å². The van der Waals surface area contributed by atoms with Crippen LogP contribution in [0.4, 0.5) is 10.9 Å². The molecule has 1 aromatic carbocycles. The van der Waals surface area contributed by atoms with E-state index < -0.39 is 0 Å². The minimum atomic E-state index is -0.297. The molecule has 27 heavy (non-hydrogen) atoms. The maximum absolute atomic E-state index is 12.6. The van der Waals surface area contributed by atoms with Gasteiger partial charge in [0.1, 0.15) is 11.0 Å². The molecule has 1 N–H and O–H groups in total. The number of carbonyl (C=O) groups excluding carboxylic acids is 1. The molecule has 0 atom stereocenters. The summed E-state index contributed by atoms with van der Waals surface area (Å²) in [7, 11) is 3.66. The van der Waals surface area contributed by atoms with Gasteiger partial charge in [-0.1, -0.05) is 11.6 Å². The maximum Gasteiger partial charge on any atom is 0.257 e. The van der Waals surface area contributed by atoms with Gasteiger partial charge in [0.2, 0.25) is 6.79 Å². The van der Waals surface area contributed by atoms with Crippen LogP contribution in [0.15, 0.2) is 35.7 Å². The van der Waals surface area contributed by atoms with Crippen LogP contribution in [0.1, 0.15) is 10.4 Å². The van der Waals surface area contributed by atoms with Crippen molar-refractivity contribution in [3.05, 3.63) is 46.4 Å². The summed E-state index contributed by atoms with van der Waals surface area (Å²) in [5.41, 5.74) is 2.05. The molecule has 0 aliphatic carbocycles. The van der Waals surface area contributed by atoms with Crippen molar-refractivity contribution in [1.29, 1.82) is 0 Å². The van der Waals surface area contributed by atoms with Gasteiger partial charge in [-0.2, -0.15) is 0 Å². The highest BCUT2D eigenvalue weighted by Gasteiger charge is 2.16. The van der Waals surface area contributed by atoms with Crippen molar-refractivity contribution in [3.63, 3.8) is 0 Å². The molecule has 7 nitrogen and oxygen atoms in total. The molecule has 1 aliphatic heterocycles. The van der Waals surface area contributed by atoms with E-state index in [0.717, 1.165) is 11.3 Å². The van der Waals surface area contributed by atoms with Crippen LogP contribution in [0.25, 0.3) is 11.3 Å². The number of ether oxygens (including phenoxy) is 2. The van der Waals surface area contributed by atoms with Crippen molar-refractivity contribution >= 4 is 39.8 Å². The highest BCUT2D eigenvalue weighted by molar-refractivity contribution is 7.14. The molecule has 0 saturated carbocycles. The maximum atomic E-state index is 12.6. The second kappa shape index (κ2) is 7.05. The predicted octanol–water partition coefficient (Wildman–Crippen LogP) is 3.91. The second-order valence-electron chi connectivity index (χ2n) is 5.99. The Kier molecular flexibility index (Phi) is 4.59. The smallest absolute Gasteiger partial charge is 0.257 e. The third-order valence-electron chi connectivity index (χ3n) is 3.89. The lowest BCUT2D eigenvalue weighted by Crippen LogP contribution is -2.15. The normalized spacial score (nSPS) is 12.1. The summed E-state index contributed by atoms with van der Waals surface area (Å²) >= 11 is 7.36. The lowest BCUT2D eigenvalue weighted by molar-refractivity contribution is 0.102. The number of aromatic nitrogens is 2. The van der Waals surface area contributed by atoms with E-state index in [1.54, 1.807) is 11.0 Å². The molecule has 0 saturated heterocycles.